The Morgan fingerprint density at radius 2 is 2.47 bits per heavy atom. The predicted octanol–water partition coefficient (Wildman–Crippen LogP) is 2.31. The lowest BCUT2D eigenvalue weighted by Gasteiger charge is -2.08. The second-order valence-electron chi connectivity index (χ2n) is 3.42. The molecule has 0 aliphatic carbocycles. The van der Waals surface area contributed by atoms with Gasteiger partial charge in [0.15, 0.2) is 0 Å². The molecule has 0 saturated heterocycles. The Kier molecular flexibility index (Phi) is 3.18. The third kappa shape index (κ3) is 2.27. The van der Waals surface area contributed by atoms with Crippen molar-refractivity contribution in [2.75, 3.05) is 0 Å². The molecule has 2 N–H and O–H groups in total. The summed E-state index contributed by atoms with van der Waals surface area (Å²) in [7, 11) is 0. The van der Waals surface area contributed by atoms with Crippen LogP contribution in [0.25, 0.3) is 0 Å². The van der Waals surface area contributed by atoms with Crippen molar-refractivity contribution in [3.05, 3.63) is 40.1 Å². The molecule has 2 aromatic heterocycles. The van der Waals surface area contributed by atoms with Crippen molar-refractivity contribution in [3.8, 4) is 0 Å². The molecule has 0 amide bonds. The first-order chi connectivity index (χ1) is 7.31. The number of aromatic amines is 1. The molecular weight excluding hydrogens is 208 g/mol. The van der Waals surface area contributed by atoms with Crippen molar-refractivity contribution in [3.63, 3.8) is 0 Å². The number of aryl methyl sites for hydroxylation is 1. The molecule has 0 aliphatic heterocycles. The van der Waals surface area contributed by atoms with Crippen LogP contribution >= 0.6 is 11.3 Å². The van der Waals surface area contributed by atoms with E-state index in [1.165, 1.54) is 5.56 Å². The maximum Gasteiger partial charge on any atom is 0.108 e. The first-order valence-electron chi connectivity index (χ1n) is 5.03. The number of aliphatic hydroxyl groups is 1. The van der Waals surface area contributed by atoms with Crippen molar-refractivity contribution >= 4 is 11.3 Å². The SMILES string of the molecule is CCc1ccsc1C(O)Cc1ncc[nH]1. The number of hydrogen-bond donors (Lipinski definition) is 2. The second-order valence-corrected chi connectivity index (χ2v) is 4.37. The zero-order valence-corrected chi connectivity index (χ0v) is 9.42. The van der Waals surface area contributed by atoms with E-state index in [1.54, 1.807) is 23.7 Å². The summed E-state index contributed by atoms with van der Waals surface area (Å²) in [5.74, 6) is 0.831. The first kappa shape index (κ1) is 10.4. The number of aromatic nitrogens is 2. The smallest absolute Gasteiger partial charge is 0.108 e. The fraction of sp³-hybridized carbons (Fsp3) is 0.364. The molecule has 1 atom stereocenters. The van der Waals surface area contributed by atoms with Crippen molar-refractivity contribution < 1.29 is 5.11 Å². The lowest BCUT2D eigenvalue weighted by molar-refractivity contribution is 0.179. The monoisotopic (exact) mass is 222 g/mol. The third-order valence-corrected chi connectivity index (χ3v) is 3.47. The van der Waals surface area contributed by atoms with E-state index in [-0.39, 0.29) is 0 Å². The van der Waals surface area contributed by atoms with Crippen LogP contribution in [0.3, 0.4) is 0 Å². The van der Waals surface area contributed by atoms with Crippen molar-refractivity contribution in [1.29, 1.82) is 0 Å². The van der Waals surface area contributed by atoms with Crippen LogP contribution in [0.15, 0.2) is 23.8 Å². The van der Waals surface area contributed by atoms with Crippen LogP contribution in [-0.4, -0.2) is 15.1 Å². The molecule has 15 heavy (non-hydrogen) atoms. The molecule has 2 aromatic rings. The maximum atomic E-state index is 10.0. The quantitative estimate of drug-likeness (QED) is 0.834. The molecule has 0 fully saturated rings. The highest BCUT2D eigenvalue weighted by atomic mass is 32.1. The maximum absolute atomic E-state index is 10.0. The van der Waals surface area contributed by atoms with Crippen molar-refractivity contribution in [1.82, 2.24) is 9.97 Å². The normalized spacial score (nSPS) is 12.9. The molecule has 0 radical (unpaired) electrons. The van der Waals surface area contributed by atoms with Gasteiger partial charge in [-0.1, -0.05) is 6.92 Å². The van der Waals surface area contributed by atoms with Crippen molar-refractivity contribution in [2.45, 2.75) is 25.9 Å². The minimum atomic E-state index is -0.439. The van der Waals surface area contributed by atoms with E-state index >= 15 is 0 Å². The highest BCUT2D eigenvalue weighted by Gasteiger charge is 2.14. The van der Waals surface area contributed by atoms with Crippen LogP contribution in [0, 0.1) is 0 Å². The average Bonchev–Trinajstić information content (AvgIpc) is 2.86. The van der Waals surface area contributed by atoms with E-state index in [1.807, 2.05) is 5.38 Å². The van der Waals surface area contributed by atoms with E-state index in [0.717, 1.165) is 17.1 Å². The van der Waals surface area contributed by atoms with Crippen molar-refractivity contribution in [2.24, 2.45) is 0 Å². The average molecular weight is 222 g/mol. The van der Waals surface area contributed by atoms with E-state index in [2.05, 4.69) is 23.0 Å². The lowest BCUT2D eigenvalue weighted by Crippen LogP contribution is -2.03. The summed E-state index contributed by atoms with van der Waals surface area (Å²) in [5, 5.41) is 12.1. The molecule has 80 valence electrons. The van der Waals surface area contributed by atoms with Crippen LogP contribution in [0.5, 0.6) is 0 Å². The number of aliphatic hydroxyl groups excluding tert-OH is 1. The molecule has 0 spiro atoms. The summed E-state index contributed by atoms with van der Waals surface area (Å²) < 4.78 is 0. The van der Waals surface area contributed by atoms with Gasteiger partial charge >= 0.3 is 0 Å². The fourth-order valence-electron chi connectivity index (χ4n) is 1.62. The molecule has 4 heteroatoms. The zero-order chi connectivity index (χ0) is 10.7. The van der Waals surface area contributed by atoms with E-state index in [0.29, 0.717) is 6.42 Å². The number of hydrogen-bond acceptors (Lipinski definition) is 3. The minimum absolute atomic E-state index is 0.439. The van der Waals surface area contributed by atoms with Gasteiger partial charge in [0.1, 0.15) is 5.82 Å². The van der Waals surface area contributed by atoms with Crippen LogP contribution < -0.4 is 0 Å². The van der Waals surface area contributed by atoms with E-state index in [9.17, 15) is 5.11 Å². The molecule has 1 unspecified atom stereocenters. The Hall–Kier alpha value is -1.13. The Labute approximate surface area is 92.8 Å². The van der Waals surface area contributed by atoms with Crippen LogP contribution in [0.2, 0.25) is 0 Å². The summed E-state index contributed by atoms with van der Waals surface area (Å²) >= 11 is 1.61. The molecule has 0 saturated carbocycles. The van der Waals surface area contributed by atoms with Gasteiger partial charge in [-0.2, -0.15) is 0 Å². The topological polar surface area (TPSA) is 48.9 Å². The predicted molar refractivity (Wildman–Crippen MR) is 60.9 cm³/mol. The highest BCUT2D eigenvalue weighted by molar-refractivity contribution is 7.10. The Balaban J connectivity index is 2.11. The molecule has 2 rings (SSSR count). The largest absolute Gasteiger partial charge is 0.387 e. The Morgan fingerprint density at radius 3 is 3.13 bits per heavy atom. The second kappa shape index (κ2) is 4.59. The van der Waals surface area contributed by atoms with Gasteiger partial charge < -0.3 is 10.1 Å². The van der Waals surface area contributed by atoms with Crippen LogP contribution in [0.4, 0.5) is 0 Å². The first-order valence-corrected chi connectivity index (χ1v) is 5.91. The number of thiophene rings is 1. The van der Waals surface area contributed by atoms with Crippen LogP contribution in [0.1, 0.15) is 29.3 Å². The molecule has 0 aromatic carbocycles. The standard InChI is InChI=1S/C11H14N2OS/c1-2-8-3-6-15-11(8)9(14)7-10-12-4-5-13-10/h3-6,9,14H,2,7H2,1H3,(H,12,13). The van der Waals surface area contributed by atoms with Gasteiger partial charge in [0.2, 0.25) is 0 Å². The molecule has 0 bridgehead atoms. The number of nitrogens with one attached hydrogen (secondary N) is 1. The van der Waals surface area contributed by atoms with Gasteiger partial charge in [-0.25, -0.2) is 4.98 Å². The highest BCUT2D eigenvalue weighted by Crippen LogP contribution is 2.26. The van der Waals surface area contributed by atoms with Gasteiger partial charge in [-0.05, 0) is 23.4 Å². The van der Waals surface area contributed by atoms with Gasteiger partial charge in [0.25, 0.3) is 0 Å². The summed E-state index contributed by atoms with van der Waals surface area (Å²) in [6, 6.07) is 2.07. The molecule has 0 aliphatic rings. The third-order valence-electron chi connectivity index (χ3n) is 2.41. The van der Waals surface area contributed by atoms with Crippen LogP contribution in [-0.2, 0) is 12.8 Å². The minimum Gasteiger partial charge on any atom is -0.387 e. The fourth-order valence-corrected chi connectivity index (χ4v) is 2.60. The van der Waals surface area contributed by atoms with Gasteiger partial charge in [0.05, 0.1) is 6.10 Å². The lowest BCUT2D eigenvalue weighted by atomic mass is 10.1. The molecule has 2 heterocycles. The number of nitrogens with zero attached hydrogens (tertiary/aromatic N) is 1. The van der Waals surface area contributed by atoms with Gasteiger partial charge in [0, 0.05) is 23.7 Å². The summed E-state index contributed by atoms with van der Waals surface area (Å²) in [4.78, 5) is 8.18. The summed E-state index contributed by atoms with van der Waals surface area (Å²) in [6.07, 6.45) is 4.56. The van der Waals surface area contributed by atoms with E-state index in [4.69, 9.17) is 0 Å². The van der Waals surface area contributed by atoms with Gasteiger partial charge in [-0.3, -0.25) is 0 Å². The summed E-state index contributed by atoms with van der Waals surface area (Å²) in [5.41, 5.74) is 1.24. The molecule has 3 nitrogen and oxygen atoms in total. The van der Waals surface area contributed by atoms with Gasteiger partial charge in [-0.15, -0.1) is 11.3 Å². The Morgan fingerprint density at radius 1 is 1.60 bits per heavy atom. The zero-order valence-electron chi connectivity index (χ0n) is 8.60. The number of H-pyrrole nitrogens is 1. The summed E-state index contributed by atoms with van der Waals surface area (Å²) in [6.45, 7) is 2.10. The number of imidazole rings is 1. The molecular formula is C11H14N2OS. The number of rotatable bonds is 4. The van der Waals surface area contributed by atoms with E-state index < -0.39 is 6.10 Å². The Bertz CT molecular complexity index is 408.